The van der Waals surface area contributed by atoms with Gasteiger partial charge >= 0.3 is 5.97 Å². The molecule has 0 spiro atoms. The van der Waals surface area contributed by atoms with Crippen LogP contribution in [0.15, 0.2) is 65.6 Å². The van der Waals surface area contributed by atoms with Crippen molar-refractivity contribution < 1.29 is 32.3 Å². The number of rotatable bonds is 8. The number of sulfonamides is 1. The number of methoxy groups -OCH3 is 1. The fraction of sp³-hybridized carbons (Fsp3) is 0.160. The van der Waals surface area contributed by atoms with Crippen LogP contribution < -0.4 is 20.3 Å². The molecule has 10 nitrogen and oxygen atoms in total. The van der Waals surface area contributed by atoms with E-state index in [1.54, 1.807) is 18.2 Å². The molecule has 0 saturated carbocycles. The summed E-state index contributed by atoms with van der Waals surface area (Å²) in [6.07, 6.45) is 0. The first kappa shape index (κ1) is 27.5. The van der Waals surface area contributed by atoms with Crippen molar-refractivity contribution in [2.75, 3.05) is 18.4 Å². The Morgan fingerprint density at radius 3 is 2.24 bits per heavy atom. The molecule has 0 heterocycles. The molecule has 0 bridgehead atoms. The summed E-state index contributed by atoms with van der Waals surface area (Å²) in [5, 5.41) is 0.301. The van der Waals surface area contributed by atoms with Gasteiger partial charge in [0, 0.05) is 10.7 Å². The number of anilines is 1. The fourth-order valence-electron chi connectivity index (χ4n) is 3.07. The fourth-order valence-corrected chi connectivity index (χ4v) is 4.39. The number of esters is 1. The van der Waals surface area contributed by atoms with Gasteiger partial charge in [0.1, 0.15) is 5.75 Å². The molecule has 0 radical (unpaired) electrons. The molecule has 0 aliphatic carbocycles. The summed E-state index contributed by atoms with van der Waals surface area (Å²) in [6.45, 7) is 3.03. The van der Waals surface area contributed by atoms with E-state index >= 15 is 0 Å². The van der Waals surface area contributed by atoms with Crippen LogP contribution in [0.5, 0.6) is 5.75 Å². The predicted molar refractivity (Wildman–Crippen MR) is 137 cm³/mol. The summed E-state index contributed by atoms with van der Waals surface area (Å²) in [6, 6.07) is 14.7. The number of hydrogen-bond acceptors (Lipinski definition) is 7. The minimum atomic E-state index is -3.82. The Morgan fingerprint density at radius 1 is 0.892 bits per heavy atom. The van der Waals surface area contributed by atoms with Crippen LogP contribution in [-0.2, 0) is 19.6 Å². The zero-order chi connectivity index (χ0) is 27.2. The highest BCUT2D eigenvalue weighted by Crippen LogP contribution is 2.22. The zero-order valence-corrected chi connectivity index (χ0v) is 21.7. The first-order valence-electron chi connectivity index (χ1n) is 10.8. The topological polar surface area (TPSA) is 140 Å². The maximum absolute atomic E-state index is 12.6. The highest BCUT2D eigenvalue weighted by atomic mass is 35.5. The molecule has 0 fully saturated rings. The summed E-state index contributed by atoms with van der Waals surface area (Å²) in [7, 11) is -2.44. The van der Waals surface area contributed by atoms with E-state index in [1.165, 1.54) is 49.6 Å². The van der Waals surface area contributed by atoms with Gasteiger partial charge < -0.3 is 9.47 Å². The van der Waals surface area contributed by atoms with Gasteiger partial charge in [-0.25, -0.2) is 13.2 Å². The Kier molecular flexibility index (Phi) is 8.74. The predicted octanol–water partition coefficient (Wildman–Crippen LogP) is 3.38. The van der Waals surface area contributed by atoms with Gasteiger partial charge in [0.15, 0.2) is 6.61 Å². The monoisotopic (exact) mass is 545 g/mol. The molecule has 3 N–H and O–H groups in total. The number of halogens is 1. The van der Waals surface area contributed by atoms with Crippen LogP contribution in [0.1, 0.15) is 31.8 Å². The molecule has 3 rings (SSSR count). The van der Waals surface area contributed by atoms with Crippen molar-refractivity contribution in [2.24, 2.45) is 0 Å². The van der Waals surface area contributed by atoms with Crippen molar-refractivity contribution in [2.45, 2.75) is 18.7 Å². The number of ether oxygens (including phenoxy) is 2. The second kappa shape index (κ2) is 11.8. The van der Waals surface area contributed by atoms with E-state index in [-0.39, 0.29) is 27.5 Å². The molecule has 0 unspecified atom stereocenters. The van der Waals surface area contributed by atoms with Gasteiger partial charge in [-0.05, 0) is 79.6 Å². The molecular formula is C25H24ClN3O7S. The lowest BCUT2D eigenvalue weighted by Gasteiger charge is -2.11. The van der Waals surface area contributed by atoms with Crippen LogP contribution in [0, 0.1) is 13.8 Å². The molecule has 0 aliphatic rings. The quantitative estimate of drug-likeness (QED) is 0.291. The van der Waals surface area contributed by atoms with Gasteiger partial charge in [0.05, 0.1) is 23.1 Å². The highest BCUT2D eigenvalue weighted by Gasteiger charge is 2.17. The maximum atomic E-state index is 12.6. The maximum Gasteiger partial charge on any atom is 0.338 e. The van der Waals surface area contributed by atoms with E-state index in [4.69, 9.17) is 21.1 Å². The molecule has 12 heteroatoms. The van der Waals surface area contributed by atoms with Gasteiger partial charge in [-0.15, -0.1) is 0 Å². The van der Waals surface area contributed by atoms with Crippen molar-refractivity contribution in [3.8, 4) is 5.75 Å². The number of benzene rings is 3. The number of hydrazine groups is 1. The largest absolute Gasteiger partial charge is 0.496 e. The number of amides is 2. The third-order valence-electron chi connectivity index (χ3n) is 5.22. The van der Waals surface area contributed by atoms with Crippen LogP contribution in [0.25, 0.3) is 0 Å². The number of nitrogens with one attached hydrogen (secondary N) is 3. The molecule has 37 heavy (non-hydrogen) atoms. The van der Waals surface area contributed by atoms with Crippen LogP contribution >= 0.6 is 11.6 Å². The van der Waals surface area contributed by atoms with Crippen molar-refractivity contribution in [3.63, 3.8) is 0 Å². The van der Waals surface area contributed by atoms with Crippen LogP contribution in [0.4, 0.5) is 5.69 Å². The van der Waals surface area contributed by atoms with E-state index in [0.717, 1.165) is 11.1 Å². The first-order chi connectivity index (χ1) is 17.5. The Hall–Kier alpha value is -4.09. The van der Waals surface area contributed by atoms with E-state index in [2.05, 4.69) is 15.6 Å². The van der Waals surface area contributed by atoms with Crippen LogP contribution in [0.3, 0.4) is 0 Å². The van der Waals surface area contributed by atoms with Gasteiger partial charge in [-0.3, -0.25) is 25.2 Å². The number of hydrogen-bond donors (Lipinski definition) is 3. The van der Waals surface area contributed by atoms with Gasteiger partial charge in [-0.2, -0.15) is 0 Å². The molecule has 0 aromatic heterocycles. The molecule has 3 aromatic rings. The zero-order valence-electron chi connectivity index (χ0n) is 20.1. The van der Waals surface area contributed by atoms with Crippen molar-refractivity contribution >= 4 is 45.1 Å². The minimum Gasteiger partial charge on any atom is -0.496 e. The number of carbonyl (C=O) groups is 3. The SMILES string of the molecule is COc1ccc(Cl)cc1C(=O)NNC(=O)COC(=O)c1ccc(NS(=O)(=O)c2ccc(C)c(C)c2)cc1. The summed E-state index contributed by atoms with van der Waals surface area (Å²) in [4.78, 5) is 36.6. The van der Waals surface area contributed by atoms with Crippen molar-refractivity contribution in [3.05, 3.63) is 87.9 Å². The smallest absolute Gasteiger partial charge is 0.338 e. The Labute approximate surface area is 218 Å². The van der Waals surface area contributed by atoms with E-state index in [9.17, 15) is 22.8 Å². The average molecular weight is 546 g/mol. The summed E-state index contributed by atoms with van der Waals surface area (Å²) >= 11 is 5.89. The Balaban J connectivity index is 1.52. The summed E-state index contributed by atoms with van der Waals surface area (Å²) in [5.41, 5.74) is 6.55. The van der Waals surface area contributed by atoms with Gasteiger partial charge in [-0.1, -0.05) is 17.7 Å². The third kappa shape index (κ3) is 7.21. The Morgan fingerprint density at radius 2 is 1.59 bits per heavy atom. The molecule has 194 valence electrons. The summed E-state index contributed by atoms with van der Waals surface area (Å²) < 4.78 is 37.7. The van der Waals surface area contributed by atoms with Crippen LogP contribution in [-0.4, -0.2) is 39.9 Å². The molecule has 0 aliphatic heterocycles. The molecule has 0 saturated heterocycles. The second-order valence-electron chi connectivity index (χ2n) is 7.85. The van der Waals surface area contributed by atoms with Gasteiger partial charge in [0.25, 0.3) is 21.8 Å². The highest BCUT2D eigenvalue weighted by molar-refractivity contribution is 7.92. The lowest BCUT2D eigenvalue weighted by atomic mass is 10.1. The van der Waals surface area contributed by atoms with E-state index < -0.39 is 34.4 Å². The van der Waals surface area contributed by atoms with Crippen LogP contribution in [0.2, 0.25) is 5.02 Å². The van der Waals surface area contributed by atoms with Crippen molar-refractivity contribution in [1.29, 1.82) is 0 Å². The number of aryl methyl sites for hydroxylation is 2. The second-order valence-corrected chi connectivity index (χ2v) is 9.97. The average Bonchev–Trinajstić information content (AvgIpc) is 2.87. The number of carbonyl (C=O) groups excluding carboxylic acids is 3. The third-order valence-corrected chi connectivity index (χ3v) is 6.83. The van der Waals surface area contributed by atoms with Gasteiger partial charge in [0.2, 0.25) is 0 Å². The molecule has 0 atom stereocenters. The molecule has 2 amide bonds. The Bertz CT molecular complexity index is 1440. The summed E-state index contributed by atoms with van der Waals surface area (Å²) in [5.74, 6) is -2.04. The lowest BCUT2D eigenvalue weighted by Crippen LogP contribution is -2.43. The molecule has 3 aromatic carbocycles. The standard InChI is InChI=1S/C25H24ClN3O7S/c1-15-4-10-20(12-16(15)2)37(33,34)29-19-8-5-17(6-9-19)25(32)36-14-23(30)27-28-24(31)21-13-18(26)7-11-22(21)35-3/h4-13,29H,14H2,1-3H3,(H,27,30)(H,28,31). The van der Waals surface area contributed by atoms with Crippen molar-refractivity contribution in [1.82, 2.24) is 10.9 Å². The minimum absolute atomic E-state index is 0.0922. The lowest BCUT2D eigenvalue weighted by molar-refractivity contribution is -0.125. The first-order valence-corrected chi connectivity index (χ1v) is 12.7. The van der Waals surface area contributed by atoms with E-state index in [1.807, 2.05) is 13.8 Å². The molecular weight excluding hydrogens is 522 g/mol. The van der Waals surface area contributed by atoms with E-state index in [0.29, 0.717) is 5.02 Å². The normalized spacial score (nSPS) is 10.8.